The van der Waals surface area contributed by atoms with Crippen molar-refractivity contribution in [3.63, 3.8) is 0 Å². The van der Waals surface area contributed by atoms with Gasteiger partial charge in [-0.15, -0.1) is 0 Å². The first-order valence-corrected chi connectivity index (χ1v) is 13.8. The number of nitrogens with one attached hydrogen (secondary N) is 4. The Bertz CT molecular complexity index is 1350. The number of hydrogen-bond donors (Lipinski definition) is 4. The van der Waals surface area contributed by atoms with Crippen LogP contribution in [0.1, 0.15) is 35.4 Å². The minimum absolute atomic E-state index is 0.00736. The number of carbonyl (C=O) groups is 2. The molecule has 0 unspecified atom stereocenters. The molecule has 2 heterocycles. The van der Waals surface area contributed by atoms with E-state index < -0.39 is 6.04 Å². The Hall–Kier alpha value is -3.98. The van der Waals surface area contributed by atoms with E-state index in [0.717, 1.165) is 29.8 Å². The van der Waals surface area contributed by atoms with Crippen molar-refractivity contribution >= 4 is 36.5 Å². The number of benzene rings is 3. The van der Waals surface area contributed by atoms with Crippen molar-refractivity contribution in [1.82, 2.24) is 15.5 Å². The predicted molar refractivity (Wildman–Crippen MR) is 157 cm³/mol. The highest BCUT2D eigenvalue weighted by molar-refractivity contribution is 6.32. The van der Waals surface area contributed by atoms with Gasteiger partial charge in [0.1, 0.15) is 19.6 Å². The fourth-order valence-corrected chi connectivity index (χ4v) is 5.95. The van der Waals surface area contributed by atoms with Gasteiger partial charge in [0, 0.05) is 26.7 Å². The number of anilines is 1. The molecule has 3 aromatic carbocycles. The summed E-state index contributed by atoms with van der Waals surface area (Å²) in [6.45, 7) is 1.57. The Kier molecular flexibility index (Phi) is 8.60. The highest BCUT2D eigenvalue weighted by Crippen LogP contribution is 2.31. The van der Waals surface area contributed by atoms with Crippen molar-refractivity contribution in [1.29, 1.82) is 5.53 Å². The topological polar surface area (TPSA) is 110 Å². The zero-order valence-corrected chi connectivity index (χ0v) is 22.8. The summed E-state index contributed by atoms with van der Waals surface area (Å²) in [5.41, 5.74) is 12.6. The molecule has 2 fully saturated rings. The zero-order valence-electron chi connectivity index (χ0n) is 22.8. The second-order valence-corrected chi connectivity index (χ2v) is 10.8. The Labute approximate surface area is 236 Å². The molecule has 40 heavy (non-hydrogen) atoms. The summed E-state index contributed by atoms with van der Waals surface area (Å²) in [5, 5.41) is 13.0. The molecule has 204 valence electrons. The molecule has 0 bridgehead atoms. The Morgan fingerprint density at radius 2 is 1.80 bits per heavy atom. The van der Waals surface area contributed by atoms with Gasteiger partial charge < -0.3 is 20.9 Å². The first-order chi connectivity index (χ1) is 19.4. The lowest BCUT2D eigenvalue weighted by Crippen LogP contribution is -2.51. The molecule has 2 aliphatic heterocycles. The molecule has 2 aliphatic rings. The molecule has 2 radical (unpaired) electrons. The number of carbonyl (C=O) groups excluding carboxylic acids is 2. The van der Waals surface area contributed by atoms with Gasteiger partial charge in [0.15, 0.2) is 0 Å². The smallest absolute Gasteiger partial charge is 0.243 e. The molecular formula is C31H35BN6O2. The summed E-state index contributed by atoms with van der Waals surface area (Å²) in [4.78, 5) is 29.2. The van der Waals surface area contributed by atoms with Crippen LogP contribution in [0, 0.1) is 11.4 Å². The highest BCUT2D eigenvalue weighted by Gasteiger charge is 2.43. The maximum Gasteiger partial charge on any atom is 0.243 e. The van der Waals surface area contributed by atoms with Gasteiger partial charge in [-0.2, -0.15) is 5.11 Å². The molecule has 8 nitrogen and oxygen atoms in total. The van der Waals surface area contributed by atoms with Gasteiger partial charge >= 0.3 is 0 Å². The normalized spacial score (nSPS) is 22.2. The lowest BCUT2D eigenvalue weighted by atomic mass is 9.91. The van der Waals surface area contributed by atoms with E-state index in [1.165, 1.54) is 5.56 Å². The molecule has 2 amide bonds. The van der Waals surface area contributed by atoms with E-state index in [1.807, 2.05) is 54.6 Å². The third-order valence-corrected chi connectivity index (χ3v) is 8.10. The van der Waals surface area contributed by atoms with E-state index in [0.29, 0.717) is 37.1 Å². The largest absolute Gasteiger partial charge is 0.386 e. The van der Waals surface area contributed by atoms with Gasteiger partial charge in [-0.05, 0) is 59.9 Å². The highest BCUT2D eigenvalue weighted by atomic mass is 16.2. The standard InChI is InChI=1S/C31H35BN6O2/c1-34-26-12-9-21(14-27(26)37-33)17-36-30(39)29-15-22(13-20-7-10-25(32)11-8-20)19-38(29)31(40)28-16-24(18-35-28)23-5-3-2-4-6-23/h2-12,14,22,24,28-29,33-35H,13,15-19H2,1H3,(H,36,39)/t22-,24-,28-,29+/m1/s1. The number of likely N-dealkylation sites (tertiary alicyclic amines) is 1. The fourth-order valence-electron chi connectivity index (χ4n) is 5.95. The van der Waals surface area contributed by atoms with Crippen molar-refractivity contribution in [3.8, 4) is 0 Å². The van der Waals surface area contributed by atoms with Crippen LogP contribution in [0.5, 0.6) is 0 Å². The van der Waals surface area contributed by atoms with Crippen molar-refractivity contribution in [2.75, 3.05) is 25.5 Å². The summed E-state index contributed by atoms with van der Waals surface area (Å²) in [7, 11) is 7.64. The fraction of sp³-hybridized carbons (Fsp3) is 0.355. The van der Waals surface area contributed by atoms with E-state index in [1.54, 1.807) is 18.0 Å². The summed E-state index contributed by atoms with van der Waals surface area (Å²) in [6.07, 6.45) is 2.09. The van der Waals surface area contributed by atoms with Crippen LogP contribution in [-0.2, 0) is 22.6 Å². The minimum Gasteiger partial charge on any atom is -0.386 e. The Balaban J connectivity index is 1.29. The van der Waals surface area contributed by atoms with Crippen LogP contribution < -0.4 is 21.4 Å². The second kappa shape index (κ2) is 12.5. The summed E-state index contributed by atoms with van der Waals surface area (Å²) in [6, 6.07) is 22.8. The van der Waals surface area contributed by atoms with Crippen molar-refractivity contribution in [3.05, 3.63) is 89.5 Å². The van der Waals surface area contributed by atoms with Crippen LogP contribution in [0.15, 0.2) is 77.9 Å². The van der Waals surface area contributed by atoms with Gasteiger partial charge in [-0.25, -0.2) is 5.53 Å². The second-order valence-electron chi connectivity index (χ2n) is 10.8. The zero-order chi connectivity index (χ0) is 28.1. The predicted octanol–water partition coefficient (Wildman–Crippen LogP) is 3.41. The molecule has 3 aromatic rings. The third-order valence-electron chi connectivity index (χ3n) is 8.10. The quantitative estimate of drug-likeness (QED) is 0.249. The molecule has 0 aromatic heterocycles. The first kappa shape index (κ1) is 27.6. The Morgan fingerprint density at radius 1 is 1.05 bits per heavy atom. The van der Waals surface area contributed by atoms with Crippen LogP contribution in [0.4, 0.5) is 11.4 Å². The molecule has 2 saturated heterocycles. The van der Waals surface area contributed by atoms with Crippen LogP contribution in [0.2, 0.25) is 0 Å². The molecule has 5 rings (SSSR count). The summed E-state index contributed by atoms with van der Waals surface area (Å²) >= 11 is 0. The summed E-state index contributed by atoms with van der Waals surface area (Å²) < 4.78 is 0. The van der Waals surface area contributed by atoms with Gasteiger partial charge in [-0.3, -0.25) is 9.59 Å². The van der Waals surface area contributed by atoms with E-state index >= 15 is 0 Å². The van der Waals surface area contributed by atoms with Crippen LogP contribution in [0.25, 0.3) is 0 Å². The minimum atomic E-state index is -0.541. The monoisotopic (exact) mass is 534 g/mol. The van der Waals surface area contributed by atoms with Gasteiger partial charge in [0.25, 0.3) is 0 Å². The number of nitrogens with zero attached hydrogens (tertiary/aromatic N) is 2. The SMILES string of the molecule is [B]c1ccc(C[C@@H]2C[C@@H](C(=O)NCc3ccc(NC)c(N=N)c3)N(C(=O)[C@H]3C[C@@H](c4ccccc4)CN3)C2)cc1. The number of rotatable bonds is 9. The molecule has 4 atom stereocenters. The van der Waals surface area contributed by atoms with E-state index in [4.69, 9.17) is 13.4 Å². The number of amides is 2. The Morgan fingerprint density at radius 3 is 2.52 bits per heavy atom. The van der Waals surface area contributed by atoms with E-state index in [2.05, 4.69) is 33.2 Å². The molecular weight excluding hydrogens is 499 g/mol. The van der Waals surface area contributed by atoms with E-state index in [-0.39, 0.29) is 29.7 Å². The van der Waals surface area contributed by atoms with Gasteiger partial charge in [0.05, 0.1) is 11.7 Å². The average Bonchev–Trinajstić information content (AvgIpc) is 3.65. The molecule has 9 heteroatoms. The lowest BCUT2D eigenvalue weighted by Gasteiger charge is -2.27. The van der Waals surface area contributed by atoms with Crippen LogP contribution in [-0.4, -0.2) is 56.8 Å². The maximum absolute atomic E-state index is 13.8. The van der Waals surface area contributed by atoms with Crippen molar-refractivity contribution in [2.45, 2.75) is 43.8 Å². The average molecular weight is 534 g/mol. The summed E-state index contributed by atoms with van der Waals surface area (Å²) in [5.74, 6) is 0.269. The van der Waals surface area contributed by atoms with E-state index in [9.17, 15) is 9.59 Å². The molecule has 0 spiro atoms. The lowest BCUT2D eigenvalue weighted by molar-refractivity contribution is -0.139. The van der Waals surface area contributed by atoms with Gasteiger partial charge in [-0.1, -0.05) is 66.1 Å². The van der Waals surface area contributed by atoms with Crippen LogP contribution in [0.3, 0.4) is 0 Å². The first-order valence-electron chi connectivity index (χ1n) is 13.8. The molecule has 4 N–H and O–H groups in total. The maximum atomic E-state index is 13.8. The third kappa shape index (κ3) is 6.25. The van der Waals surface area contributed by atoms with Gasteiger partial charge in [0.2, 0.25) is 11.8 Å². The van der Waals surface area contributed by atoms with Crippen molar-refractivity contribution in [2.24, 2.45) is 11.0 Å². The van der Waals surface area contributed by atoms with Crippen molar-refractivity contribution < 1.29 is 9.59 Å². The number of hydrogen-bond acceptors (Lipinski definition) is 6. The van der Waals surface area contributed by atoms with Crippen LogP contribution >= 0.6 is 0 Å². The molecule has 0 saturated carbocycles. The molecule has 0 aliphatic carbocycles.